The van der Waals surface area contributed by atoms with Crippen LogP contribution in [0, 0.1) is 18.3 Å². The van der Waals surface area contributed by atoms with Crippen molar-refractivity contribution in [3.05, 3.63) is 77.7 Å². The average Bonchev–Trinajstić information content (AvgIpc) is 2.79. The Bertz CT molecular complexity index is 1080. The summed E-state index contributed by atoms with van der Waals surface area (Å²) < 4.78 is 0. The number of carbonyl (C=O) groups excluding carboxylic acids is 1. The highest BCUT2D eigenvalue weighted by molar-refractivity contribution is 6.03. The third kappa shape index (κ3) is 4.39. The fourth-order valence-corrected chi connectivity index (χ4v) is 3.52. The van der Waals surface area contributed by atoms with Gasteiger partial charge >= 0.3 is 0 Å². The lowest BCUT2D eigenvalue weighted by Crippen LogP contribution is -2.47. The molecule has 0 radical (unpaired) electrons. The van der Waals surface area contributed by atoms with Gasteiger partial charge in [-0.15, -0.1) is 0 Å². The average molecular weight is 398 g/mol. The maximum Gasteiger partial charge on any atom is 0.274 e. The molecule has 1 aliphatic heterocycles. The normalized spacial score (nSPS) is 13.6. The van der Waals surface area contributed by atoms with Gasteiger partial charge in [0.25, 0.3) is 5.91 Å². The van der Waals surface area contributed by atoms with Gasteiger partial charge in [-0.25, -0.2) is 9.97 Å². The SMILES string of the molecule is Cc1nc(C(=O)Nc2cccc(C#N)c2)cc(N2CCN(c3ccccc3)CC2)n1. The van der Waals surface area contributed by atoms with E-state index in [1.807, 2.05) is 18.2 Å². The fraction of sp³-hybridized carbons (Fsp3) is 0.217. The number of nitrogens with zero attached hydrogens (tertiary/aromatic N) is 5. The van der Waals surface area contributed by atoms with Crippen molar-refractivity contribution < 1.29 is 4.79 Å². The fourth-order valence-electron chi connectivity index (χ4n) is 3.52. The van der Waals surface area contributed by atoms with E-state index in [1.165, 1.54) is 5.69 Å². The summed E-state index contributed by atoms with van der Waals surface area (Å²) in [5, 5.41) is 11.8. The largest absolute Gasteiger partial charge is 0.368 e. The number of hydrogen-bond acceptors (Lipinski definition) is 6. The summed E-state index contributed by atoms with van der Waals surface area (Å²) >= 11 is 0. The second-order valence-corrected chi connectivity index (χ2v) is 7.11. The van der Waals surface area contributed by atoms with Crippen LogP contribution in [-0.2, 0) is 0 Å². The van der Waals surface area contributed by atoms with E-state index in [4.69, 9.17) is 5.26 Å². The van der Waals surface area contributed by atoms with Gasteiger partial charge in [0.1, 0.15) is 17.3 Å². The quantitative estimate of drug-likeness (QED) is 0.726. The number of carbonyl (C=O) groups is 1. The molecule has 2 heterocycles. The van der Waals surface area contributed by atoms with Crippen LogP contribution in [0.4, 0.5) is 17.2 Å². The lowest BCUT2D eigenvalue weighted by molar-refractivity contribution is 0.102. The Balaban J connectivity index is 1.47. The predicted octanol–water partition coefficient (Wildman–Crippen LogP) is 3.24. The molecule has 7 heteroatoms. The zero-order valence-corrected chi connectivity index (χ0v) is 16.7. The maximum atomic E-state index is 12.7. The molecule has 0 unspecified atom stereocenters. The third-order valence-corrected chi connectivity index (χ3v) is 5.03. The molecule has 1 aromatic heterocycles. The van der Waals surface area contributed by atoms with Gasteiger partial charge in [0, 0.05) is 43.6 Å². The summed E-state index contributed by atoms with van der Waals surface area (Å²) in [5.41, 5.74) is 2.58. The van der Waals surface area contributed by atoms with Crippen LogP contribution in [0.15, 0.2) is 60.7 Å². The molecule has 0 saturated carbocycles. The van der Waals surface area contributed by atoms with E-state index in [0.717, 1.165) is 32.0 Å². The molecule has 0 aliphatic carbocycles. The van der Waals surface area contributed by atoms with Gasteiger partial charge in [0.05, 0.1) is 11.6 Å². The number of nitriles is 1. The minimum atomic E-state index is -0.320. The standard InChI is InChI=1S/C23H22N6O/c1-17-25-21(23(30)27-19-7-5-6-18(14-19)16-24)15-22(26-17)29-12-10-28(11-13-29)20-8-3-2-4-9-20/h2-9,14-15H,10-13H2,1H3,(H,27,30). The number of para-hydroxylation sites is 1. The lowest BCUT2D eigenvalue weighted by atomic mass is 10.2. The Morgan fingerprint density at radius 3 is 2.43 bits per heavy atom. The molecule has 30 heavy (non-hydrogen) atoms. The van der Waals surface area contributed by atoms with Crippen LogP contribution in [0.2, 0.25) is 0 Å². The van der Waals surface area contributed by atoms with Crippen molar-refractivity contribution in [3.8, 4) is 6.07 Å². The molecule has 150 valence electrons. The summed E-state index contributed by atoms with van der Waals surface area (Å²) in [6.45, 7) is 5.19. The summed E-state index contributed by atoms with van der Waals surface area (Å²) in [7, 11) is 0. The highest BCUT2D eigenvalue weighted by Gasteiger charge is 2.20. The van der Waals surface area contributed by atoms with Crippen LogP contribution in [0.25, 0.3) is 0 Å². The van der Waals surface area contributed by atoms with Crippen LogP contribution in [-0.4, -0.2) is 42.1 Å². The molecular formula is C23H22N6O. The molecule has 1 aliphatic rings. The Morgan fingerprint density at radius 1 is 0.967 bits per heavy atom. The minimum Gasteiger partial charge on any atom is -0.368 e. The van der Waals surface area contributed by atoms with Gasteiger partial charge in [-0.05, 0) is 37.3 Å². The first kappa shape index (κ1) is 19.4. The number of benzene rings is 2. The van der Waals surface area contributed by atoms with Gasteiger partial charge < -0.3 is 15.1 Å². The highest BCUT2D eigenvalue weighted by atomic mass is 16.1. The smallest absolute Gasteiger partial charge is 0.274 e. The third-order valence-electron chi connectivity index (χ3n) is 5.03. The van der Waals surface area contributed by atoms with E-state index >= 15 is 0 Å². The van der Waals surface area contributed by atoms with E-state index < -0.39 is 0 Å². The van der Waals surface area contributed by atoms with Crippen molar-refractivity contribution in [2.75, 3.05) is 41.3 Å². The Hall–Kier alpha value is -3.92. The Labute approximate surface area is 175 Å². The number of hydrogen-bond donors (Lipinski definition) is 1. The zero-order valence-electron chi connectivity index (χ0n) is 16.7. The van der Waals surface area contributed by atoms with Crippen molar-refractivity contribution >= 4 is 23.1 Å². The van der Waals surface area contributed by atoms with Crippen molar-refractivity contribution in [1.82, 2.24) is 9.97 Å². The molecule has 1 amide bonds. The first-order valence-electron chi connectivity index (χ1n) is 9.84. The Morgan fingerprint density at radius 2 is 1.70 bits per heavy atom. The molecule has 2 aromatic carbocycles. The van der Waals surface area contributed by atoms with E-state index in [9.17, 15) is 4.79 Å². The molecule has 0 bridgehead atoms. The second-order valence-electron chi connectivity index (χ2n) is 7.11. The van der Waals surface area contributed by atoms with E-state index in [0.29, 0.717) is 22.8 Å². The topological polar surface area (TPSA) is 85.1 Å². The number of nitrogens with one attached hydrogen (secondary N) is 1. The van der Waals surface area contributed by atoms with Gasteiger partial charge in [0.15, 0.2) is 0 Å². The van der Waals surface area contributed by atoms with Crippen LogP contribution in [0.1, 0.15) is 21.9 Å². The summed E-state index contributed by atoms with van der Waals surface area (Å²) in [4.78, 5) is 26.1. The molecule has 1 fully saturated rings. The molecule has 0 atom stereocenters. The lowest BCUT2D eigenvalue weighted by Gasteiger charge is -2.36. The Kier molecular flexibility index (Phi) is 5.57. The monoisotopic (exact) mass is 398 g/mol. The number of rotatable bonds is 4. The minimum absolute atomic E-state index is 0.311. The van der Waals surface area contributed by atoms with Gasteiger partial charge in [-0.3, -0.25) is 4.79 Å². The maximum absolute atomic E-state index is 12.7. The predicted molar refractivity (Wildman–Crippen MR) is 117 cm³/mol. The van der Waals surface area contributed by atoms with Gasteiger partial charge in [0.2, 0.25) is 0 Å². The summed E-state index contributed by atoms with van der Waals surface area (Å²) in [6, 6.07) is 21.0. The van der Waals surface area contributed by atoms with Crippen molar-refractivity contribution in [3.63, 3.8) is 0 Å². The molecule has 1 saturated heterocycles. The number of aryl methyl sites for hydroxylation is 1. The van der Waals surface area contributed by atoms with Crippen molar-refractivity contribution in [1.29, 1.82) is 5.26 Å². The summed E-state index contributed by atoms with van der Waals surface area (Å²) in [5.74, 6) is 0.986. The second kappa shape index (κ2) is 8.62. The number of aromatic nitrogens is 2. The molecule has 7 nitrogen and oxygen atoms in total. The van der Waals surface area contributed by atoms with Crippen LogP contribution in [0.5, 0.6) is 0 Å². The first-order chi connectivity index (χ1) is 14.6. The van der Waals surface area contributed by atoms with Crippen molar-refractivity contribution in [2.24, 2.45) is 0 Å². The van der Waals surface area contributed by atoms with Crippen LogP contribution >= 0.6 is 0 Å². The number of anilines is 3. The number of piperazine rings is 1. The van der Waals surface area contributed by atoms with E-state index in [-0.39, 0.29) is 5.91 Å². The van der Waals surface area contributed by atoms with Crippen LogP contribution in [0.3, 0.4) is 0 Å². The van der Waals surface area contributed by atoms with Gasteiger partial charge in [-0.1, -0.05) is 24.3 Å². The van der Waals surface area contributed by atoms with E-state index in [1.54, 1.807) is 37.3 Å². The van der Waals surface area contributed by atoms with Gasteiger partial charge in [-0.2, -0.15) is 5.26 Å². The molecule has 4 rings (SSSR count). The molecule has 0 spiro atoms. The first-order valence-corrected chi connectivity index (χ1v) is 9.84. The van der Waals surface area contributed by atoms with Crippen LogP contribution < -0.4 is 15.1 Å². The molecule has 3 aromatic rings. The number of amides is 1. The molecule has 1 N–H and O–H groups in total. The highest BCUT2D eigenvalue weighted by Crippen LogP contribution is 2.20. The van der Waals surface area contributed by atoms with Crippen molar-refractivity contribution in [2.45, 2.75) is 6.92 Å². The zero-order chi connectivity index (χ0) is 20.9. The molecular weight excluding hydrogens is 376 g/mol. The summed E-state index contributed by atoms with van der Waals surface area (Å²) in [6.07, 6.45) is 0. The van der Waals surface area contributed by atoms with E-state index in [2.05, 4.69) is 43.3 Å².